The molecule has 134 valence electrons. The number of rotatable bonds is 14. The van der Waals surface area contributed by atoms with E-state index in [2.05, 4.69) is 73.0 Å². The number of allylic oxidation sites excluding steroid dienone is 10. The maximum absolute atomic E-state index is 11.2. The Morgan fingerprint density at radius 1 is 0.708 bits per heavy atom. The molecule has 0 rings (SSSR count). The molecule has 24 heavy (non-hydrogen) atoms. The number of amides is 1. The van der Waals surface area contributed by atoms with Crippen molar-refractivity contribution in [2.75, 3.05) is 6.54 Å². The van der Waals surface area contributed by atoms with E-state index in [9.17, 15) is 4.79 Å². The van der Waals surface area contributed by atoms with Gasteiger partial charge in [-0.25, -0.2) is 0 Å². The fourth-order valence-electron chi connectivity index (χ4n) is 2.03. The van der Waals surface area contributed by atoms with Crippen LogP contribution in [0.5, 0.6) is 0 Å². The van der Waals surface area contributed by atoms with Crippen molar-refractivity contribution in [2.45, 2.75) is 65.2 Å². The Labute approximate surface area is 149 Å². The summed E-state index contributed by atoms with van der Waals surface area (Å²) in [4.78, 5) is 11.2. The Morgan fingerprint density at radius 3 is 1.62 bits per heavy atom. The van der Waals surface area contributed by atoms with Crippen LogP contribution >= 0.6 is 0 Å². The van der Waals surface area contributed by atoms with Crippen LogP contribution in [-0.2, 0) is 4.79 Å². The van der Waals surface area contributed by atoms with Crippen LogP contribution in [-0.4, -0.2) is 12.5 Å². The number of carbonyl (C=O) groups is 1. The predicted octanol–water partition coefficient (Wildman–Crippen LogP) is 6.04. The molecule has 2 nitrogen and oxygen atoms in total. The van der Waals surface area contributed by atoms with Gasteiger partial charge < -0.3 is 5.32 Å². The molecular weight excluding hydrogens is 294 g/mol. The van der Waals surface area contributed by atoms with E-state index in [-0.39, 0.29) is 5.91 Å². The van der Waals surface area contributed by atoms with Gasteiger partial charge in [0.05, 0.1) is 0 Å². The Balaban J connectivity index is 3.48. The molecule has 0 saturated carbocycles. The second-order valence-electron chi connectivity index (χ2n) is 5.55. The first-order valence-corrected chi connectivity index (χ1v) is 9.32. The highest BCUT2D eigenvalue weighted by molar-refractivity contribution is 5.75. The molecule has 0 aromatic rings. The van der Waals surface area contributed by atoms with Gasteiger partial charge >= 0.3 is 0 Å². The van der Waals surface area contributed by atoms with Gasteiger partial charge in [0.25, 0.3) is 0 Å². The lowest BCUT2D eigenvalue weighted by Gasteiger charge is -1.99. The van der Waals surface area contributed by atoms with E-state index in [1.165, 1.54) is 0 Å². The molecule has 0 fully saturated rings. The summed E-state index contributed by atoms with van der Waals surface area (Å²) in [7, 11) is 0. The van der Waals surface area contributed by atoms with Gasteiger partial charge in [0.1, 0.15) is 0 Å². The maximum Gasteiger partial charge on any atom is 0.219 e. The van der Waals surface area contributed by atoms with Gasteiger partial charge in [0.15, 0.2) is 0 Å². The second kappa shape index (κ2) is 19.2. The zero-order valence-electron chi connectivity index (χ0n) is 15.5. The van der Waals surface area contributed by atoms with E-state index in [4.69, 9.17) is 0 Å². The number of nitrogens with one attached hydrogen (secondary N) is 1. The fourth-order valence-corrected chi connectivity index (χ4v) is 2.03. The molecule has 0 saturated heterocycles. The third kappa shape index (κ3) is 18.2. The molecule has 0 atom stereocenters. The van der Waals surface area contributed by atoms with Crippen molar-refractivity contribution >= 4 is 5.91 Å². The van der Waals surface area contributed by atoms with Gasteiger partial charge in [-0.05, 0) is 51.9 Å². The smallest absolute Gasteiger partial charge is 0.219 e. The maximum atomic E-state index is 11.2. The molecule has 0 aliphatic carbocycles. The minimum Gasteiger partial charge on any atom is -0.356 e. The van der Waals surface area contributed by atoms with E-state index in [1.807, 2.05) is 6.92 Å². The van der Waals surface area contributed by atoms with E-state index < -0.39 is 0 Å². The highest BCUT2D eigenvalue weighted by Crippen LogP contribution is 1.99. The molecule has 1 amide bonds. The summed E-state index contributed by atoms with van der Waals surface area (Å²) in [6.45, 7) is 4.82. The molecule has 0 unspecified atom stereocenters. The van der Waals surface area contributed by atoms with Crippen molar-refractivity contribution < 1.29 is 4.79 Å². The normalized spacial score (nSPS) is 12.6. The third-order valence-electron chi connectivity index (χ3n) is 3.31. The zero-order chi connectivity index (χ0) is 17.7. The fraction of sp³-hybridized carbons (Fsp3) is 0.500. The first-order chi connectivity index (χ1) is 11.8. The average Bonchev–Trinajstić information content (AvgIpc) is 2.58. The van der Waals surface area contributed by atoms with Gasteiger partial charge in [-0.3, -0.25) is 4.79 Å². The third-order valence-corrected chi connectivity index (χ3v) is 3.31. The van der Waals surface area contributed by atoms with E-state index in [1.54, 1.807) is 0 Å². The van der Waals surface area contributed by atoms with Gasteiger partial charge in [0, 0.05) is 13.0 Å². The van der Waals surface area contributed by atoms with E-state index >= 15 is 0 Å². The van der Waals surface area contributed by atoms with Gasteiger partial charge in [0.2, 0.25) is 5.91 Å². The molecule has 0 aromatic heterocycles. The summed E-state index contributed by atoms with van der Waals surface area (Å²) in [5, 5.41) is 2.81. The molecule has 0 bridgehead atoms. The van der Waals surface area contributed by atoms with Crippen LogP contribution in [0.3, 0.4) is 0 Å². The summed E-state index contributed by atoms with van der Waals surface area (Å²) in [5.74, 6) is 0.157. The number of hydrogen-bond acceptors (Lipinski definition) is 1. The Hall–Kier alpha value is -1.83. The van der Waals surface area contributed by atoms with Gasteiger partial charge in [-0.2, -0.15) is 0 Å². The lowest BCUT2D eigenvalue weighted by atomic mass is 10.2. The van der Waals surface area contributed by atoms with Crippen molar-refractivity contribution in [1.82, 2.24) is 5.32 Å². The summed E-state index contributed by atoms with van der Waals surface area (Å²) in [6, 6.07) is 0. The minimum absolute atomic E-state index is 0.157. The summed E-state index contributed by atoms with van der Waals surface area (Å²) < 4.78 is 0. The summed E-state index contributed by atoms with van der Waals surface area (Å²) in [6.07, 6.45) is 29.6. The van der Waals surface area contributed by atoms with Crippen molar-refractivity contribution in [3.8, 4) is 0 Å². The molecule has 0 radical (unpaired) electrons. The minimum atomic E-state index is 0.157. The lowest BCUT2D eigenvalue weighted by molar-refractivity contribution is -0.121. The zero-order valence-corrected chi connectivity index (χ0v) is 15.5. The van der Waals surface area contributed by atoms with Crippen LogP contribution in [0.2, 0.25) is 0 Å². The van der Waals surface area contributed by atoms with Gasteiger partial charge in [-0.1, -0.05) is 67.7 Å². The SMILES string of the molecule is CC/C=C\C/C=C\C/C=C\C/C=C\C/C=C\CCCC(=O)NCC. The summed E-state index contributed by atoms with van der Waals surface area (Å²) in [5.41, 5.74) is 0. The summed E-state index contributed by atoms with van der Waals surface area (Å²) >= 11 is 0. The van der Waals surface area contributed by atoms with Crippen molar-refractivity contribution in [1.29, 1.82) is 0 Å². The quantitative estimate of drug-likeness (QED) is 0.305. The number of hydrogen-bond donors (Lipinski definition) is 1. The number of unbranched alkanes of at least 4 members (excludes halogenated alkanes) is 1. The molecule has 0 aliphatic rings. The first-order valence-electron chi connectivity index (χ1n) is 9.32. The lowest BCUT2D eigenvalue weighted by Crippen LogP contribution is -2.21. The van der Waals surface area contributed by atoms with Crippen molar-refractivity contribution in [3.63, 3.8) is 0 Å². The highest BCUT2D eigenvalue weighted by Gasteiger charge is 1.96. The van der Waals surface area contributed by atoms with Crippen molar-refractivity contribution in [3.05, 3.63) is 60.8 Å². The van der Waals surface area contributed by atoms with E-state index in [0.29, 0.717) is 6.42 Å². The van der Waals surface area contributed by atoms with Crippen LogP contribution in [0, 0.1) is 0 Å². The highest BCUT2D eigenvalue weighted by atomic mass is 16.1. The van der Waals surface area contributed by atoms with Crippen LogP contribution in [0.25, 0.3) is 0 Å². The molecule has 0 aliphatic heterocycles. The molecule has 1 N–H and O–H groups in total. The molecular formula is C22H35NO. The molecule has 0 aromatic carbocycles. The average molecular weight is 330 g/mol. The predicted molar refractivity (Wildman–Crippen MR) is 107 cm³/mol. The first kappa shape index (κ1) is 22.2. The Morgan fingerprint density at radius 2 is 1.17 bits per heavy atom. The van der Waals surface area contributed by atoms with E-state index in [0.717, 1.165) is 51.5 Å². The van der Waals surface area contributed by atoms with Crippen LogP contribution in [0.4, 0.5) is 0 Å². The second-order valence-corrected chi connectivity index (χ2v) is 5.55. The standard InChI is InChI=1S/C22H35NO/c1-3-5-6-7-8-9-10-11-12-13-14-15-16-17-18-19-20-21-22(24)23-4-2/h5-6,8-9,11-12,14-15,17-18H,3-4,7,10,13,16,19-21H2,1-2H3,(H,23,24)/b6-5-,9-8-,12-11-,15-14-,18-17-. The van der Waals surface area contributed by atoms with Crippen LogP contribution in [0.15, 0.2) is 60.8 Å². The van der Waals surface area contributed by atoms with Crippen LogP contribution < -0.4 is 5.32 Å². The van der Waals surface area contributed by atoms with Gasteiger partial charge in [-0.15, -0.1) is 0 Å². The molecule has 2 heteroatoms. The largest absolute Gasteiger partial charge is 0.356 e. The number of carbonyl (C=O) groups excluding carboxylic acids is 1. The Kier molecular flexibility index (Phi) is 17.8. The Bertz CT molecular complexity index is 427. The molecule has 0 spiro atoms. The monoisotopic (exact) mass is 329 g/mol. The molecule has 0 heterocycles. The van der Waals surface area contributed by atoms with Crippen molar-refractivity contribution in [2.24, 2.45) is 0 Å². The topological polar surface area (TPSA) is 29.1 Å². The van der Waals surface area contributed by atoms with Crippen LogP contribution in [0.1, 0.15) is 65.2 Å².